The first-order chi connectivity index (χ1) is 9.63. The molecule has 112 valence electrons. The number of piperidine rings is 1. The zero-order chi connectivity index (χ0) is 14.5. The molecule has 20 heavy (non-hydrogen) atoms. The lowest BCUT2D eigenvalue weighted by molar-refractivity contribution is 0.0596. The fraction of sp³-hybridized carbons (Fsp3) is 0.714. The molecular formula is C14H24N4O2. The second-order valence-corrected chi connectivity index (χ2v) is 5.40. The number of anilines is 1. The minimum absolute atomic E-state index is 0.207. The molecule has 0 saturated carbocycles. The number of imidazole rings is 1. The second kappa shape index (κ2) is 6.74. The predicted molar refractivity (Wildman–Crippen MR) is 77.5 cm³/mol. The first kappa shape index (κ1) is 14.8. The summed E-state index contributed by atoms with van der Waals surface area (Å²) in [6.07, 6.45) is 6.55. The minimum Gasteiger partial charge on any atom is -0.464 e. The predicted octanol–water partition coefficient (Wildman–Crippen LogP) is 1.52. The first-order valence-electron chi connectivity index (χ1n) is 7.26. The zero-order valence-corrected chi connectivity index (χ0v) is 12.3. The SMILES string of the molecule is COC(=O)c1ncn(CCCN2CCCCC2C)c1N. The van der Waals surface area contributed by atoms with Crippen molar-refractivity contribution in [1.82, 2.24) is 14.5 Å². The van der Waals surface area contributed by atoms with Crippen molar-refractivity contribution in [3.8, 4) is 0 Å². The summed E-state index contributed by atoms with van der Waals surface area (Å²) < 4.78 is 6.46. The van der Waals surface area contributed by atoms with Gasteiger partial charge in [-0.1, -0.05) is 6.42 Å². The van der Waals surface area contributed by atoms with Crippen molar-refractivity contribution >= 4 is 11.8 Å². The Bertz CT molecular complexity index is 458. The standard InChI is InChI=1S/C14H24N4O2/c1-11-6-3-4-7-17(11)8-5-9-18-10-16-12(13(18)15)14(19)20-2/h10-11H,3-9,15H2,1-2H3. The second-order valence-electron chi connectivity index (χ2n) is 5.40. The average molecular weight is 280 g/mol. The highest BCUT2D eigenvalue weighted by Crippen LogP contribution is 2.17. The van der Waals surface area contributed by atoms with Crippen molar-refractivity contribution in [1.29, 1.82) is 0 Å². The van der Waals surface area contributed by atoms with E-state index in [0.717, 1.165) is 19.5 Å². The van der Waals surface area contributed by atoms with Gasteiger partial charge < -0.3 is 19.9 Å². The summed E-state index contributed by atoms with van der Waals surface area (Å²) in [6.45, 7) is 5.32. The Balaban J connectivity index is 1.85. The van der Waals surface area contributed by atoms with E-state index >= 15 is 0 Å². The van der Waals surface area contributed by atoms with Gasteiger partial charge in [-0.2, -0.15) is 0 Å². The number of rotatable bonds is 5. The van der Waals surface area contributed by atoms with Gasteiger partial charge in [0.25, 0.3) is 0 Å². The maximum atomic E-state index is 11.4. The third kappa shape index (κ3) is 3.30. The summed E-state index contributed by atoms with van der Waals surface area (Å²) in [6, 6.07) is 0.675. The topological polar surface area (TPSA) is 73.4 Å². The van der Waals surface area contributed by atoms with Crippen molar-refractivity contribution in [2.45, 2.75) is 45.2 Å². The van der Waals surface area contributed by atoms with Crippen LogP contribution in [0.1, 0.15) is 43.1 Å². The Morgan fingerprint density at radius 3 is 3.00 bits per heavy atom. The van der Waals surface area contributed by atoms with Gasteiger partial charge in [-0.05, 0) is 32.7 Å². The van der Waals surface area contributed by atoms with Crippen LogP contribution in [0.5, 0.6) is 0 Å². The highest BCUT2D eigenvalue weighted by molar-refractivity contribution is 5.91. The van der Waals surface area contributed by atoms with E-state index in [1.165, 1.54) is 32.9 Å². The number of nitrogen functional groups attached to an aromatic ring is 1. The molecule has 0 bridgehead atoms. The monoisotopic (exact) mass is 280 g/mol. The minimum atomic E-state index is -0.481. The van der Waals surface area contributed by atoms with Gasteiger partial charge >= 0.3 is 5.97 Å². The number of ether oxygens (including phenoxy) is 1. The molecule has 1 unspecified atom stereocenters. The van der Waals surface area contributed by atoms with Gasteiger partial charge in [0.2, 0.25) is 0 Å². The Kier molecular flexibility index (Phi) is 5.00. The van der Waals surface area contributed by atoms with Crippen LogP contribution in [0.15, 0.2) is 6.33 Å². The lowest BCUT2D eigenvalue weighted by Crippen LogP contribution is -2.38. The number of carbonyl (C=O) groups excluding carboxylic acids is 1. The molecule has 1 aliphatic rings. The van der Waals surface area contributed by atoms with Crippen LogP contribution in [-0.4, -0.2) is 46.7 Å². The molecule has 1 atom stereocenters. The number of esters is 1. The van der Waals surface area contributed by atoms with Crippen molar-refractivity contribution in [3.05, 3.63) is 12.0 Å². The molecule has 1 aliphatic heterocycles. The van der Waals surface area contributed by atoms with Crippen LogP contribution in [0.3, 0.4) is 0 Å². The van der Waals surface area contributed by atoms with E-state index < -0.39 is 5.97 Å². The van der Waals surface area contributed by atoms with Gasteiger partial charge in [0.05, 0.1) is 13.4 Å². The molecule has 0 spiro atoms. The molecule has 1 aromatic heterocycles. The van der Waals surface area contributed by atoms with E-state index in [0.29, 0.717) is 11.9 Å². The Labute approximate surface area is 119 Å². The third-order valence-corrected chi connectivity index (χ3v) is 4.04. The van der Waals surface area contributed by atoms with Gasteiger partial charge in [0.15, 0.2) is 5.69 Å². The van der Waals surface area contributed by atoms with Gasteiger partial charge in [0.1, 0.15) is 5.82 Å². The average Bonchev–Trinajstić information content (AvgIpc) is 2.82. The van der Waals surface area contributed by atoms with Crippen molar-refractivity contribution in [3.63, 3.8) is 0 Å². The molecule has 6 heteroatoms. The summed E-state index contributed by atoms with van der Waals surface area (Å²) in [4.78, 5) is 18.0. The normalized spacial score (nSPS) is 20.0. The summed E-state index contributed by atoms with van der Waals surface area (Å²) in [5.41, 5.74) is 6.12. The number of hydrogen-bond donors (Lipinski definition) is 1. The molecule has 0 aliphatic carbocycles. The van der Waals surface area contributed by atoms with E-state index in [4.69, 9.17) is 5.73 Å². The van der Waals surface area contributed by atoms with Gasteiger partial charge in [0, 0.05) is 19.1 Å². The maximum absolute atomic E-state index is 11.4. The van der Waals surface area contributed by atoms with Crippen molar-refractivity contribution in [2.75, 3.05) is 25.9 Å². The molecule has 1 saturated heterocycles. The summed E-state index contributed by atoms with van der Waals surface area (Å²) in [7, 11) is 1.33. The molecule has 6 nitrogen and oxygen atoms in total. The number of nitrogens with zero attached hydrogens (tertiary/aromatic N) is 3. The number of aromatic nitrogens is 2. The maximum Gasteiger partial charge on any atom is 0.360 e. The number of likely N-dealkylation sites (tertiary alicyclic amines) is 1. The number of carbonyl (C=O) groups is 1. The van der Waals surface area contributed by atoms with E-state index in [2.05, 4.69) is 21.5 Å². The smallest absolute Gasteiger partial charge is 0.360 e. The van der Waals surface area contributed by atoms with Crippen LogP contribution in [0.4, 0.5) is 5.82 Å². The molecule has 0 aromatic carbocycles. The fourth-order valence-electron chi connectivity index (χ4n) is 2.76. The molecule has 2 rings (SSSR count). The largest absolute Gasteiger partial charge is 0.464 e. The molecular weight excluding hydrogens is 256 g/mol. The van der Waals surface area contributed by atoms with Crippen LogP contribution >= 0.6 is 0 Å². The lowest BCUT2D eigenvalue weighted by Gasteiger charge is -2.33. The summed E-state index contributed by atoms with van der Waals surface area (Å²) in [5.74, 6) is -0.0885. The molecule has 1 aromatic rings. The fourth-order valence-corrected chi connectivity index (χ4v) is 2.76. The van der Waals surface area contributed by atoms with E-state index in [-0.39, 0.29) is 5.69 Å². The third-order valence-electron chi connectivity index (χ3n) is 4.04. The highest BCUT2D eigenvalue weighted by Gasteiger charge is 2.18. The van der Waals surface area contributed by atoms with Crippen LogP contribution in [0.2, 0.25) is 0 Å². The van der Waals surface area contributed by atoms with Crippen LogP contribution in [-0.2, 0) is 11.3 Å². The van der Waals surface area contributed by atoms with E-state index in [1.807, 2.05) is 4.57 Å². The molecule has 1 fully saturated rings. The lowest BCUT2D eigenvalue weighted by atomic mass is 10.0. The summed E-state index contributed by atoms with van der Waals surface area (Å²) >= 11 is 0. The number of nitrogens with two attached hydrogens (primary N) is 1. The van der Waals surface area contributed by atoms with E-state index in [1.54, 1.807) is 6.33 Å². The van der Waals surface area contributed by atoms with Gasteiger partial charge in [-0.25, -0.2) is 9.78 Å². The molecule has 2 N–H and O–H groups in total. The Hall–Kier alpha value is -1.56. The molecule has 0 amide bonds. The van der Waals surface area contributed by atoms with Crippen LogP contribution in [0.25, 0.3) is 0 Å². The number of hydrogen-bond acceptors (Lipinski definition) is 5. The zero-order valence-electron chi connectivity index (χ0n) is 12.3. The Morgan fingerprint density at radius 2 is 2.30 bits per heavy atom. The summed E-state index contributed by atoms with van der Waals surface area (Å²) in [5, 5.41) is 0. The van der Waals surface area contributed by atoms with Crippen molar-refractivity contribution < 1.29 is 9.53 Å². The molecule has 0 radical (unpaired) electrons. The number of methoxy groups -OCH3 is 1. The highest BCUT2D eigenvalue weighted by atomic mass is 16.5. The number of aryl methyl sites for hydroxylation is 1. The molecule has 2 heterocycles. The van der Waals surface area contributed by atoms with Gasteiger partial charge in [-0.15, -0.1) is 0 Å². The van der Waals surface area contributed by atoms with Crippen LogP contribution < -0.4 is 5.73 Å². The Morgan fingerprint density at radius 1 is 1.50 bits per heavy atom. The van der Waals surface area contributed by atoms with E-state index in [9.17, 15) is 4.79 Å². The first-order valence-corrected chi connectivity index (χ1v) is 7.26. The van der Waals surface area contributed by atoms with Crippen molar-refractivity contribution in [2.24, 2.45) is 0 Å². The van der Waals surface area contributed by atoms with Crippen LogP contribution in [0, 0.1) is 0 Å². The van der Waals surface area contributed by atoms with Gasteiger partial charge in [-0.3, -0.25) is 0 Å². The quantitative estimate of drug-likeness (QED) is 0.828.